The minimum atomic E-state index is -0.635. The molecule has 3 aromatic heterocycles. The number of rotatable bonds is 5. The molecule has 0 spiro atoms. The maximum Gasteiger partial charge on any atom is 0.296 e. The fraction of sp³-hybridized carbons (Fsp3) is 0.250. The molecule has 0 radical (unpaired) electrons. The Kier molecular flexibility index (Phi) is 5.66. The Hall–Kier alpha value is -3.76. The molecule has 2 fully saturated rings. The van der Waals surface area contributed by atoms with Crippen molar-refractivity contribution in [1.82, 2.24) is 24.7 Å². The normalized spacial score (nSPS) is 22.7. The minimum absolute atomic E-state index is 0.241. The van der Waals surface area contributed by atoms with Gasteiger partial charge in [0.1, 0.15) is 18.3 Å². The molecule has 192 valence electrons. The molecule has 10 heteroatoms. The second-order valence-corrected chi connectivity index (χ2v) is 9.99. The lowest BCUT2D eigenvalue weighted by atomic mass is 10.0. The summed E-state index contributed by atoms with van der Waals surface area (Å²) in [5, 5.41) is 14.9. The molecule has 5 aromatic rings. The summed E-state index contributed by atoms with van der Waals surface area (Å²) in [6, 6.07) is 20.6. The molecular formula is C28H24ClN5O4. The SMILES string of the molecule is Cn1ccc(-c2ccc(-c3ccc(-c4nc5nc(O[C@@H]6COC7C6OC[C@H]7O)[nH]c5cc4Cl)cc3)cc2)n1. The van der Waals surface area contributed by atoms with E-state index in [1.54, 1.807) is 10.7 Å². The Morgan fingerprint density at radius 1 is 0.921 bits per heavy atom. The molecule has 4 atom stereocenters. The van der Waals surface area contributed by atoms with Gasteiger partial charge in [0.2, 0.25) is 0 Å². The molecule has 2 unspecified atom stereocenters. The van der Waals surface area contributed by atoms with E-state index in [9.17, 15) is 5.11 Å². The number of aryl methyl sites for hydroxylation is 1. The number of aliphatic hydroxyl groups is 1. The van der Waals surface area contributed by atoms with Gasteiger partial charge in [-0.3, -0.25) is 4.68 Å². The molecular weight excluding hydrogens is 506 g/mol. The van der Waals surface area contributed by atoms with E-state index in [0.717, 1.165) is 27.9 Å². The molecule has 2 aliphatic rings. The van der Waals surface area contributed by atoms with Crippen LogP contribution < -0.4 is 4.74 Å². The Balaban J connectivity index is 1.11. The first kappa shape index (κ1) is 23.4. The third-order valence-electron chi connectivity index (χ3n) is 7.04. The van der Waals surface area contributed by atoms with Crippen LogP contribution in [0.2, 0.25) is 5.02 Å². The van der Waals surface area contributed by atoms with E-state index < -0.39 is 6.10 Å². The quantitative estimate of drug-likeness (QED) is 0.350. The van der Waals surface area contributed by atoms with Crippen molar-refractivity contribution in [2.45, 2.75) is 24.4 Å². The molecule has 7 rings (SSSR count). The first-order valence-electron chi connectivity index (χ1n) is 12.4. The van der Waals surface area contributed by atoms with Crippen molar-refractivity contribution in [3.63, 3.8) is 0 Å². The highest BCUT2D eigenvalue weighted by atomic mass is 35.5. The molecule has 2 aliphatic heterocycles. The number of aliphatic hydroxyl groups excluding tert-OH is 1. The van der Waals surface area contributed by atoms with E-state index in [2.05, 4.69) is 51.5 Å². The summed E-state index contributed by atoms with van der Waals surface area (Å²) < 4.78 is 19.1. The van der Waals surface area contributed by atoms with Gasteiger partial charge >= 0.3 is 0 Å². The van der Waals surface area contributed by atoms with Gasteiger partial charge in [0.05, 0.1) is 35.1 Å². The van der Waals surface area contributed by atoms with Crippen LogP contribution in [0.15, 0.2) is 66.9 Å². The van der Waals surface area contributed by atoms with Gasteiger partial charge in [-0.05, 0) is 23.3 Å². The van der Waals surface area contributed by atoms with E-state index in [0.29, 0.717) is 34.5 Å². The average molecular weight is 530 g/mol. The lowest BCUT2D eigenvalue weighted by Gasteiger charge is -2.15. The van der Waals surface area contributed by atoms with Crippen LogP contribution in [-0.4, -0.2) is 67.5 Å². The fourth-order valence-electron chi connectivity index (χ4n) is 5.07. The molecule has 0 bridgehead atoms. The molecule has 0 saturated carbocycles. The third-order valence-corrected chi connectivity index (χ3v) is 7.32. The van der Waals surface area contributed by atoms with Crippen LogP contribution in [-0.2, 0) is 16.5 Å². The number of aromatic amines is 1. The van der Waals surface area contributed by atoms with Crippen molar-refractivity contribution >= 4 is 22.8 Å². The molecule has 2 saturated heterocycles. The Morgan fingerprint density at radius 2 is 1.61 bits per heavy atom. The maximum atomic E-state index is 9.95. The van der Waals surface area contributed by atoms with Crippen LogP contribution in [0, 0.1) is 0 Å². The largest absolute Gasteiger partial charge is 0.456 e. The lowest BCUT2D eigenvalue weighted by Crippen LogP contribution is -2.34. The third kappa shape index (κ3) is 4.13. The predicted molar refractivity (Wildman–Crippen MR) is 142 cm³/mol. The summed E-state index contributed by atoms with van der Waals surface area (Å²) >= 11 is 6.61. The number of nitrogens with one attached hydrogen (secondary N) is 1. The number of imidazole rings is 1. The number of aromatic nitrogens is 5. The molecule has 5 heterocycles. The zero-order valence-electron chi connectivity index (χ0n) is 20.4. The van der Waals surface area contributed by atoms with E-state index in [1.165, 1.54) is 0 Å². The summed E-state index contributed by atoms with van der Waals surface area (Å²) in [5.74, 6) is 0. The second-order valence-electron chi connectivity index (χ2n) is 9.58. The van der Waals surface area contributed by atoms with Crippen molar-refractivity contribution in [2.75, 3.05) is 13.2 Å². The smallest absolute Gasteiger partial charge is 0.296 e. The average Bonchev–Trinajstić information content (AvgIpc) is 3.71. The number of pyridine rings is 1. The number of nitrogens with zero attached hydrogens (tertiary/aromatic N) is 4. The highest BCUT2D eigenvalue weighted by Gasteiger charge is 2.48. The number of benzene rings is 2. The Morgan fingerprint density at radius 3 is 2.32 bits per heavy atom. The number of fused-ring (bicyclic) bond motifs is 2. The van der Waals surface area contributed by atoms with E-state index in [1.807, 2.05) is 31.4 Å². The number of hydrogen-bond acceptors (Lipinski definition) is 7. The molecule has 0 aliphatic carbocycles. The zero-order chi connectivity index (χ0) is 25.8. The van der Waals surface area contributed by atoms with Crippen LogP contribution in [0.4, 0.5) is 0 Å². The van der Waals surface area contributed by atoms with Gasteiger partial charge in [0, 0.05) is 24.4 Å². The standard InChI is InChI=1S/C28H24ClN5O4/c1-34-11-10-20(33-34)17-6-2-15(3-7-17)16-4-8-18(9-5-16)24-19(29)12-21-27(31-24)32-28(30-21)38-23-14-37-25-22(35)13-36-26(23)25/h2-12,22-23,25-26,35H,13-14H2,1H3,(H,30,31,32)/t22-,23-,25?,26?/m1/s1. The van der Waals surface area contributed by atoms with Gasteiger partial charge in [0.15, 0.2) is 11.8 Å². The maximum absolute atomic E-state index is 9.95. The van der Waals surface area contributed by atoms with Crippen molar-refractivity contribution in [2.24, 2.45) is 7.05 Å². The van der Waals surface area contributed by atoms with Crippen LogP contribution in [0.25, 0.3) is 44.8 Å². The lowest BCUT2D eigenvalue weighted by molar-refractivity contribution is 0.00706. The van der Waals surface area contributed by atoms with Crippen molar-refractivity contribution in [3.8, 4) is 39.7 Å². The van der Waals surface area contributed by atoms with Crippen LogP contribution in [0.1, 0.15) is 0 Å². The van der Waals surface area contributed by atoms with Gasteiger partial charge in [-0.25, -0.2) is 4.98 Å². The van der Waals surface area contributed by atoms with Crippen molar-refractivity contribution in [3.05, 3.63) is 71.9 Å². The molecule has 0 amide bonds. The summed E-state index contributed by atoms with van der Waals surface area (Å²) in [4.78, 5) is 12.3. The molecule has 2 aromatic carbocycles. The molecule has 9 nitrogen and oxygen atoms in total. The summed E-state index contributed by atoms with van der Waals surface area (Å²) in [7, 11) is 1.91. The molecule has 2 N–H and O–H groups in total. The highest BCUT2D eigenvalue weighted by Crippen LogP contribution is 2.33. The van der Waals surface area contributed by atoms with Gasteiger partial charge in [0.25, 0.3) is 6.01 Å². The number of hydrogen-bond donors (Lipinski definition) is 2. The van der Waals surface area contributed by atoms with Crippen molar-refractivity contribution in [1.29, 1.82) is 0 Å². The summed E-state index contributed by atoms with van der Waals surface area (Å²) in [5.41, 5.74) is 6.91. The Bertz CT molecular complexity index is 1620. The fourth-order valence-corrected chi connectivity index (χ4v) is 5.33. The second kappa shape index (κ2) is 9.21. The summed E-state index contributed by atoms with van der Waals surface area (Å²) in [6.07, 6.45) is 0.244. The van der Waals surface area contributed by atoms with E-state index >= 15 is 0 Å². The molecule has 38 heavy (non-hydrogen) atoms. The van der Waals surface area contributed by atoms with Crippen molar-refractivity contribution < 1.29 is 19.3 Å². The van der Waals surface area contributed by atoms with Crippen LogP contribution in [0.5, 0.6) is 6.01 Å². The van der Waals surface area contributed by atoms with Gasteiger partial charge in [-0.15, -0.1) is 0 Å². The topological polar surface area (TPSA) is 107 Å². The monoisotopic (exact) mass is 529 g/mol. The number of H-pyrrole nitrogens is 1. The van der Waals surface area contributed by atoms with E-state index in [-0.39, 0.29) is 24.9 Å². The first-order chi connectivity index (χ1) is 18.5. The van der Waals surface area contributed by atoms with Gasteiger partial charge in [-0.2, -0.15) is 10.1 Å². The Labute approximate surface area is 223 Å². The first-order valence-corrected chi connectivity index (χ1v) is 12.7. The zero-order valence-corrected chi connectivity index (χ0v) is 21.2. The van der Waals surface area contributed by atoms with Crippen LogP contribution in [0.3, 0.4) is 0 Å². The summed E-state index contributed by atoms with van der Waals surface area (Å²) in [6.45, 7) is 0.562. The predicted octanol–water partition coefficient (Wildman–Crippen LogP) is 4.25. The van der Waals surface area contributed by atoms with E-state index in [4.69, 9.17) is 30.8 Å². The number of halogens is 1. The van der Waals surface area contributed by atoms with Crippen LogP contribution >= 0.6 is 11.6 Å². The minimum Gasteiger partial charge on any atom is -0.456 e. The number of ether oxygens (including phenoxy) is 3. The van der Waals surface area contributed by atoms with Gasteiger partial charge < -0.3 is 24.3 Å². The van der Waals surface area contributed by atoms with Gasteiger partial charge in [-0.1, -0.05) is 60.1 Å². The highest BCUT2D eigenvalue weighted by molar-refractivity contribution is 6.33.